The maximum absolute atomic E-state index is 12.5. The summed E-state index contributed by atoms with van der Waals surface area (Å²) in [5.41, 5.74) is 0.217. The van der Waals surface area contributed by atoms with Crippen molar-refractivity contribution in [2.45, 2.75) is 17.9 Å². The highest BCUT2D eigenvalue weighted by Gasteiger charge is 2.29. The van der Waals surface area contributed by atoms with E-state index in [1.165, 1.54) is 35.7 Å². The number of ether oxygens (including phenoxy) is 2. The molecule has 1 aliphatic rings. The van der Waals surface area contributed by atoms with E-state index in [0.717, 1.165) is 0 Å². The number of nitrogens with zero attached hydrogens (tertiary/aromatic N) is 1. The lowest BCUT2D eigenvalue weighted by Crippen LogP contribution is -2.44. The van der Waals surface area contributed by atoms with Crippen LogP contribution in [0.15, 0.2) is 29.2 Å². The third-order valence-electron chi connectivity index (χ3n) is 3.10. The van der Waals surface area contributed by atoms with Gasteiger partial charge in [0.1, 0.15) is 0 Å². The predicted molar refractivity (Wildman–Crippen MR) is 72.0 cm³/mol. The highest BCUT2D eigenvalue weighted by molar-refractivity contribution is 7.89. The van der Waals surface area contributed by atoms with Crippen LogP contribution in [0.1, 0.15) is 17.3 Å². The number of hydrogen-bond donors (Lipinski definition) is 0. The summed E-state index contributed by atoms with van der Waals surface area (Å²) in [4.78, 5) is 11.6. The minimum Gasteiger partial charge on any atom is -0.465 e. The van der Waals surface area contributed by atoms with Crippen LogP contribution in [0, 0.1) is 0 Å². The first kappa shape index (κ1) is 15.0. The summed E-state index contributed by atoms with van der Waals surface area (Å²) < 4.78 is 36.3. The third kappa shape index (κ3) is 3.00. The van der Waals surface area contributed by atoms with Crippen molar-refractivity contribution in [3.8, 4) is 0 Å². The zero-order valence-electron chi connectivity index (χ0n) is 11.4. The molecule has 1 fully saturated rings. The number of esters is 1. The van der Waals surface area contributed by atoms with Gasteiger partial charge in [-0.2, -0.15) is 4.31 Å². The van der Waals surface area contributed by atoms with E-state index in [1.807, 2.05) is 6.92 Å². The molecule has 0 amide bonds. The van der Waals surface area contributed by atoms with Crippen molar-refractivity contribution >= 4 is 16.0 Å². The Balaban J connectivity index is 2.32. The molecule has 2 rings (SSSR count). The van der Waals surface area contributed by atoms with E-state index in [-0.39, 0.29) is 16.6 Å². The fourth-order valence-electron chi connectivity index (χ4n) is 2.06. The molecule has 1 aliphatic heterocycles. The number of methoxy groups -OCH3 is 1. The van der Waals surface area contributed by atoms with Crippen LogP contribution < -0.4 is 0 Å². The summed E-state index contributed by atoms with van der Waals surface area (Å²) in [6.45, 7) is 2.82. The second-order valence-electron chi connectivity index (χ2n) is 4.56. The molecule has 0 spiro atoms. The number of carbonyl (C=O) groups is 1. The second-order valence-corrected chi connectivity index (χ2v) is 6.50. The van der Waals surface area contributed by atoms with E-state index in [2.05, 4.69) is 4.74 Å². The van der Waals surface area contributed by atoms with Crippen molar-refractivity contribution in [3.05, 3.63) is 29.8 Å². The zero-order valence-corrected chi connectivity index (χ0v) is 12.2. The normalized spacial score (nSPS) is 20.6. The maximum atomic E-state index is 12.5. The molecule has 110 valence electrons. The minimum absolute atomic E-state index is 0.0921. The molecule has 0 aromatic heterocycles. The molecule has 1 saturated heterocycles. The lowest BCUT2D eigenvalue weighted by Gasteiger charge is -2.30. The lowest BCUT2D eigenvalue weighted by atomic mass is 10.2. The van der Waals surface area contributed by atoms with Gasteiger partial charge >= 0.3 is 5.97 Å². The highest BCUT2D eigenvalue weighted by atomic mass is 32.2. The fourth-order valence-corrected chi connectivity index (χ4v) is 3.60. The molecule has 0 N–H and O–H groups in total. The smallest absolute Gasteiger partial charge is 0.337 e. The van der Waals surface area contributed by atoms with Gasteiger partial charge in [0.2, 0.25) is 10.0 Å². The number of benzene rings is 1. The molecule has 1 aromatic rings. The van der Waals surface area contributed by atoms with Crippen LogP contribution in [0.5, 0.6) is 0 Å². The van der Waals surface area contributed by atoms with E-state index >= 15 is 0 Å². The summed E-state index contributed by atoms with van der Waals surface area (Å²) in [5.74, 6) is -0.558. The summed E-state index contributed by atoms with van der Waals surface area (Å²) in [6.07, 6.45) is -0.137. The van der Waals surface area contributed by atoms with Gasteiger partial charge in [-0.1, -0.05) is 6.07 Å². The van der Waals surface area contributed by atoms with Crippen LogP contribution in [0.4, 0.5) is 0 Å². The molecular weight excluding hydrogens is 282 g/mol. The largest absolute Gasteiger partial charge is 0.465 e. The van der Waals surface area contributed by atoms with Gasteiger partial charge in [-0.05, 0) is 25.1 Å². The predicted octanol–water partition coefficient (Wildman–Crippen LogP) is 0.883. The van der Waals surface area contributed by atoms with Crippen molar-refractivity contribution in [1.82, 2.24) is 4.31 Å². The molecule has 1 heterocycles. The zero-order chi connectivity index (χ0) is 14.8. The van der Waals surface area contributed by atoms with Gasteiger partial charge < -0.3 is 9.47 Å². The Labute approximate surface area is 118 Å². The number of rotatable bonds is 3. The minimum atomic E-state index is -3.61. The molecule has 0 radical (unpaired) electrons. The van der Waals surface area contributed by atoms with Gasteiger partial charge in [-0.15, -0.1) is 0 Å². The Hall–Kier alpha value is -1.44. The first-order valence-electron chi connectivity index (χ1n) is 6.25. The first-order valence-corrected chi connectivity index (χ1v) is 7.69. The molecule has 20 heavy (non-hydrogen) atoms. The second kappa shape index (κ2) is 5.90. The quantitative estimate of drug-likeness (QED) is 0.775. The number of sulfonamides is 1. The molecule has 7 heteroatoms. The molecule has 6 nitrogen and oxygen atoms in total. The van der Waals surface area contributed by atoms with Gasteiger partial charge in [0.05, 0.1) is 30.3 Å². The average molecular weight is 299 g/mol. The van der Waals surface area contributed by atoms with Gasteiger partial charge in [-0.25, -0.2) is 13.2 Å². The lowest BCUT2D eigenvalue weighted by molar-refractivity contribution is 0.0102. The number of morpholine rings is 1. The Kier molecular flexibility index (Phi) is 4.42. The standard InChI is InChI=1S/C13H17NO5S/c1-10-9-14(6-7-19-10)20(16,17)12-5-3-4-11(8-12)13(15)18-2/h3-5,8,10H,6-7,9H2,1-2H3/t10-/m0/s1. The number of hydrogen-bond acceptors (Lipinski definition) is 5. The summed E-state index contributed by atoms with van der Waals surface area (Å²) in [6, 6.07) is 5.86. The van der Waals surface area contributed by atoms with E-state index in [9.17, 15) is 13.2 Å². The molecule has 1 atom stereocenters. The topological polar surface area (TPSA) is 72.9 Å². The van der Waals surface area contributed by atoms with E-state index < -0.39 is 16.0 Å². The van der Waals surface area contributed by atoms with Gasteiger partial charge in [0.15, 0.2) is 0 Å². The van der Waals surface area contributed by atoms with Gasteiger partial charge in [-0.3, -0.25) is 0 Å². The van der Waals surface area contributed by atoms with E-state index in [0.29, 0.717) is 19.7 Å². The van der Waals surface area contributed by atoms with E-state index in [4.69, 9.17) is 4.74 Å². The van der Waals surface area contributed by atoms with Crippen LogP contribution in [-0.2, 0) is 19.5 Å². The number of carbonyl (C=O) groups excluding carboxylic acids is 1. The first-order chi connectivity index (χ1) is 9.45. The summed E-state index contributed by atoms with van der Waals surface area (Å²) in [5, 5.41) is 0. The highest BCUT2D eigenvalue weighted by Crippen LogP contribution is 2.20. The van der Waals surface area contributed by atoms with Crippen molar-refractivity contribution in [1.29, 1.82) is 0 Å². The van der Waals surface area contributed by atoms with Crippen LogP contribution in [-0.4, -0.2) is 51.6 Å². The van der Waals surface area contributed by atoms with Crippen LogP contribution in [0.25, 0.3) is 0 Å². The average Bonchev–Trinajstić information content (AvgIpc) is 2.46. The Bertz CT molecular complexity index is 599. The van der Waals surface area contributed by atoms with Crippen molar-refractivity contribution in [2.75, 3.05) is 26.8 Å². The van der Waals surface area contributed by atoms with Gasteiger partial charge in [0.25, 0.3) is 0 Å². The monoisotopic (exact) mass is 299 g/mol. The van der Waals surface area contributed by atoms with Crippen molar-refractivity contribution in [3.63, 3.8) is 0 Å². The van der Waals surface area contributed by atoms with Crippen LogP contribution in [0.3, 0.4) is 0 Å². The Morgan fingerprint density at radius 2 is 2.20 bits per heavy atom. The summed E-state index contributed by atoms with van der Waals surface area (Å²) >= 11 is 0. The molecule has 1 aromatic carbocycles. The summed E-state index contributed by atoms with van der Waals surface area (Å²) in [7, 11) is -2.36. The van der Waals surface area contributed by atoms with Crippen LogP contribution in [0.2, 0.25) is 0 Å². The SMILES string of the molecule is COC(=O)c1cccc(S(=O)(=O)N2CCO[C@@H](C)C2)c1. The van der Waals surface area contributed by atoms with E-state index in [1.54, 1.807) is 0 Å². The Morgan fingerprint density at radius 3 is 2.85 bits per heavy atom. The Morgan fingerprint density at radius 1 is 1.45 bits per heavy atom. The fraction of sp³-hybridized carbons (Fsp3) is 0.462. The molecule has 0 saturated carbocycles. The van der Waals surface area contributed by atoms with Gasteiger partial charge in [0, 0.05) is 13.1 Å². The van der Waals surface area contributed by atoms with Crippen molar-refractivity contribution < 1.29 is 22.7 Å². The molecule has 0 unspecified atom stereocenters. The maximum Gasteiger partial charge on any atom is 0.337 e. The third-order valence-corrected chi connectivity index (χ3v) is 4.96. The van der Waals surface area contributed by atoms with Crippen molar-refractivity contribution in [2.24, 2.45) is 0 Å². The molecule has 0 aliphatic carbocycles. The van der Waals surface area contributed by atoms with Crippen LogP contribution >= 0.6 is 0 Å². The molecule has 0 bridgehead atoms. The molecular formula is C13H17NO5S.